The molecule has 3 rings (SSSR count). The van der Waals surface area contributed by atoms with Crippen LogP contribution in [0, 0.1) is 0 Å². The minimum atomic E-state index is 0.0102. The fourth-order valence-electron chi connectivity index (χ4n) is 2.97. The van der Waals surface area contributed by atoms with Crippen LogP contribution in [0.25, 0.3) is 0 Å². The Hall–Kier alpha value is -2.00. The summed E-state index contributed by atoms with van der Waals surface area (Å²) in [6.45, 7) is 0. The number of nitrogens with one attached hydrogen (secondary N) is 1. The van der Waals surface area contributed by atoms with Gasteiger partial charge in [0.1, 0.15) is 5.75 Å². The van der Waals surface area contributed by atoms with Crippen molar-refractivity contribution in [2.75, 3.05) is 0 Å². The maximum Gasteiger partial charge on any atom is 0.220 e. The molecular weight excluding hydrogens is 298 g/mol. The van der Waals surface area contributed by atoms with Crippen LogP contribution in [0.15, 0.2) is 42.5 Å². The van der Waals surface area contributed by atoms with E-state index >= 15 is 0 Å². The summed E-state index contributed by atoms with van der Waals surface area (Å²) in [7, 11) is 0. The molecule has 0 saturated carbocycles. The highest BCUT2D eigenvalue weighted by molar-refractivity contribution is 6.30. The lowest BCUT2D eigenvalue weighted by Gasteiger charge is -2.14. The fraction of sp³-hybridized carbons (Fsp3) is 0.278. The maximum absolute atomic E-state index is 12.1. The zero-order valence-electron chi connectivity index (χ0n) is 12.2. The lowest BCUT2D eigenvalue weighted by molar-refractivity contribution is -0.121. The number of phenols is 1. The number of halogens is 1. The van der Waals surface area contributed by atoms with E-state index in [1.807, 2.05) is 30.3 Å². The van der Waals surface area contributed by atoms with Crippen molar-refractivity contribution in [3.05, 3.63) is 64.2 Å². The first kappa shape index (κ1) is 14.9. The average Bonchev–Trinajstić information content (AvgIpc) is 2.88. The number of aryl methyl sites for hydroxylation is 2. The smallest absolute Gasteiger partial charge is 0.220 e. The van der Waals surface area contributed by atoms with Crippen molar-refractivity contribution >= 4 is 17.5 Å². The van der Waals surface area contributed by atoms with E-state index in [2.05, 4.69) is 5.32 Å². The number of carbonyl (C=O) groups is 1. The SMILES string of the molecule is O=C(CCc1ccccc1O)N[C@@H]1CCc2cc(Cl)ccc21. The van der Waals surface area contributed by atoms with Crippen molar-refractivity contribution in [2.24, 2.45) is 0 Å². The van der Waals surface area contributed by atoms with E-state index < -0.39 is 0 Å². The number of hydrogen-bond acceptors (Lipinski definition) is 2. The van der Waals surface area contributed by atoms with Crippen LogP contribution in [-0.4, -0.2) is 11.0 Å². The Labute approximate surface area is 134 Å². The van der Waals surface area contributed by atoms with E-state index in [9.17, 15) is 9.90 Å². The molecule has 114 valence electrons. The Bertz CT molecular complexity index is 699. The van der Waals surface area contributed by atoms with Gasteiger partial charge in [0, 0.05) is 11.4 Å². The molecule has 0 aromatic heterocycles. The molecule has 0 spiro atoms. The van der Waals surface area contributed by atoms with Gasteiger partial charge in [-0.3, -0.25) is 4.79 Å². The first-order valence-corrected chi connectivity index (χ1v) is 7.86. The summed E-state index contributed by atoms with van der Waals surface area (Å²) in [4.78, 5) is 12.1. The second-order valence-electron chi connectivity index (χ2n) is 5.63. The molecule has 1 atom stereocenters. The molecule has 0 heterocycles. The first-order valence-electron chi connectivity index (χ1n) is 7.48. The lowest BCUT2D eigenvalue weighted by atomic mass is 10.1. The molecule has 3 nitrogen and oxygen atoms in total. The van der Waals surface area contributed by atoms with Crippen molar-refractivity contribution in [3.63, 3.8) is 0 Å². The van der Waals surface area contributed by atoms with E-state index in [-0.39, 0.29) is 17.7 Å². The predicted molar refractivity (Wildman–Crippen MR) is 87.1 cm³/mol. The van der Waals surface area contributed by atoms with E-state index in [0.29, 0.717) is 12.8 Å². The van der Waals surface area contributed by atoms with Crippen LogP contribution in [0.5, 0.6) is 5.75 Å². The third-order valence-electron chi connectivity index (χ3n) is 4.13. The summed E-state index contributed by atoms with van der Waals surface area (Å²) in [6.07, 6.45) is 2.77. The maximum atomic E-state index is 12.1. The standard InChI is InChI=1S/C18H18ClNO2/c19-14-7-8-15-13(11-14)5-9-16(15)20-18(22)10-6-12-3-1-2-4-17(12)21/h1-4,7-8,11,16,21H,5-6,9-10H2,(H,20,22)/t16-/m1/s1. The zero-order chi connectivity index (χ0) is 15.5. The third kappa shape index (κ3) is 3.25. The summed E-state index contributed by atoms with van der Waals surface area (Å²) < 4.78 is 0. The van der Waals surface area contributed by atoms with Gasteiger partial charge >= 0.3 is 0 Å². The molecule has 2 aromatic carbocycles. The number of carbonyl (C=O) groups excluding carboxylic acids is 1. The zero-order valence-corrected chi connectivity index (χ0v) is 12.9. The van der Waals surface area contributed by atoms with Gasteiger partial charge in [-0.05, 0) is 54.2 Å². The third-order valence-corrected chi connectivity index (χ3v) is 4.37. The van der Waals surface area contributed by atoms with E-state index in [1.54, 1.807) is 12.1 Å². The van der Waals surface area contributed by atoms with Crippen molar-refractivity contribution in [3.8, 4) is 5.75 Å². The molecule has 0 unspecified atom stereocenters. The van der Waals surface area contributed by atoms with Gasteiger partial charge in [-0.1, -0.05) is 35.9 Å². The second kappa shape index (κ2) is 6.41. The second-order valence-corrected chi connectivity index (χ2v) is 6.07. The van der Waals surface area contributed by atoms with Gasteiger partial charge in [0.05, 0.1) is 6.04 Å². The Balaban J connectivity index is 1.59. The normalized spacial score (nSPS) is 16.3. The van der Waals surface area contributed by atoms with E-state index in [0.717, 1.165) is 23.4 Å². The van der Waals surface area contributed by atoms with Crippen LogP contribution in [0.2, 0.25) is 5.02 Å². The molecule has 0 bridgehead atoms. The quantitative estimate of drug-likeness (QED) is 0.902. The van der Waals surface area contributed by atoms with Gasteiger partial charge in [-0.2, -0.15) is 0 Å². The highest BCUT2D eigenvalue weighted by atomic mass is 35.5. The van der Waals surface area contributed by atoms with E-state index in [4.69, 9.17) is 11.6 Å². The number of fused-ring (bicyclic) bond motifs is 1. The number of para-hydroxylation sites is 1. The van der Waals surface area contributed by atoms with Crippen molar-refractivity contribution in [1.29, 1.82) is 0 Å². The molecule has 0 aliphatic heterocycles. The molecule has 2 N–H and O–H groups in total. The number of rotatable bonds is 4. The highest BCUT2D eigenvalue weighted by Crippen LogP contribution is 2.32. The van der Waals surface area contributed by atoms with Gasteiger partial charge in [-0.25, -0.2) is 0 Å². The topological polar surface area (TPSA) is 49.3 Å². The summed E-state index contributed by atoms with van der Waals surface area (Å²) in [5, 5.41) is 13.5. The van der Waals surface area contributed by atoms with Crippen molar-refractivity contribution < 1.29 is 9.90 Å². The Morgan fingerprint density at radius 2 is 2.09 bits per heavy atom. The monoisotopic (exact) mass is 315 g/mol. The van der Waals surface area contributed by atoms with Crippen molar-refractivity contribution in [2.45, 2.75) is 31.7 Å². The highest BCUT2D eigenvalue weighted by Gasteiger charge is 2.23. The lowest BCUT2D eigenvalue weighted by Crippen LogP contribution is -2.27. The van der Waals surface area contributed by atoms with Gasteiger partial charge in [-0.15, -0.1) is 0 Å². The number of phenolic OH excluding ortho intramolecular Hbond substituents is 1. The van der Waals surface area contributed by atoms with Crippen LogP contribution in [0.4, 0.5) is 0 Å². The minimum absolute atomic E-state index is 0.0102. The molecule has 0 radical (unpaired) electrons. The van der Waals surface area contributed by atoms with Crippen LogP contribution < -0.4 is 5.32 Å². The van der Waals surface area contributed by atoms with Gasteiger partial charge in [0.2, 0.25) is 5.91 Å². The first-order chi connectivity index (χ1) is 10.6. The summed E-state index contributed by atoms with van der Waals surface area (Å²) in [5.41, 5.74) is 3.19. The number of aromatic hydroxyl groups is 1. The predicted octanol–water partition coefficient (Wildman–Crippen LogP) is 3.78. The molecule has 0 saturated heterocycles. The summed E-state index contributed by atoms with van der Waals surface area (Å²) in [6, 6.07) is 13.0. The van der Waals surface area contributed by atoms with E-state index in [1.165, 1.54) is 11.1 Å². The Morgan fingerprint density at radius 3 is 2.91 bits per heavy atom. The molecule has 22 heavy (non-hydrogen) atoms. The van der Waals surface area contributed by atoms with Gasteiger partial charge in [0.15, 0.2) is 0 Å². The molecule has 2 aromatic rings. The molecule has 0 fully saturated rings. The number of amides is 1. The minimum Gasteiger partial charge on any atom is -0.508 e. The molecule has 1 amide bonds. The Morgan fingerprint density at radius 1 is 1.27 bits per heavy atom. The van der Waals surface area contributed by atoms with Crippen LogP contribution in [0.1, 0.15) is 35.6 Å². The average molecular weight is 316 g/mol. The fourth-order valence-corrected chi connectivity index (χ4v) is 3.17. The number of benzene rings is 2. The van der Waals surface area contributed by atoms with Crippen LogP contribution in [0.3, 0.4) is 0 Å². The Kier molecular flexibility index (Phi) is 4.34. The van der Waals surface area contributed by atoms with Gasteiger partial charge in [0.25, 0.3) is 0 Å². The summed E-state index contributed by atoms with van der Waals surface area (Å²) >= 11 is 6.00. The van der Waals surface area contributed by atoms with Crippen LogP contribution in [-0.2, 0) is 17.6 Å². The molecular formula is C18H18ClNO2. The molecule has 1 aliphatic carbocycles. The summed E-state index contributed by atoms with van der Waals surface area (Å²) in [5.74, 6) is 0.257. The van der Waals surface area contributed by atoms with Gasteiger partial charge < -0.3 is 10.4 Å². The van der Waals surface area contributed by atoms with Crippen molar-refractivity contribution in [1.82, 2.24) is 5.32 Å². The number of hydrogen-bond donors (Lipinski definition) is 2. The largest absolute Gasteiger partial charge is 0.508 e. The molecule has 1 aliphatic rings. The molecule has 4 heteroatoms. The van der Waals surface area contributed by atoms with Crippen LogP contribution >= 0.6 is 11.6 Å².